The van der Waals surface area contributed by atoms with Gasteiger partial charge in [0.25, 0.3) is 5.88 Å². The van der Waals surface area contributed by atoms with Gasteiger partial charge in [-0.1, -0.05) is 5.16 Å². The Bertz CT molecular complexity index is 662. The highest BCUT2D eigenvalue weighted by Crippen LogP contribution is 2.21. The van der Waals surface area contributed by atoms with Crippen LogP contribution in [0.2, 0.25) is 0 Å². The van der Waals surface area contributed by atoms with Crippen molar-refractivity contribution in [1.82, 2.24) is 30.7 Å². The van der Waals surface area contributed by atoms with Crippen molar-refractivity contribution in [3.8, 4) is 5.88 Å². The number of amides is 1. The normalized spacial score (nSPS) is 17.6. The Morgan fingerprint density at radius 2 is 2.46 bits per heavy atom. The average Bonchev–Trinajstić information content (AvgIpc) is 3.22. The quantitative estimate of drug-likeness (QED) is 0.698. The molecule has 0 bridgehead atoms. The number of nitrogens with zero attached hydrogens (tertiary/aromatic N) is 4. The van der Waals surface area contributed by atoms with Crippen molar-refractivity contribution in [2.24, 2.45) is 0 Å². The molecule has 130 valence electrons. The maximum atomic E-state index is 11.9. The largest absolute Gasteiger partial charge is 0.472 e. The van der Waals surface area contributed by atoms with Crippen LogP contribution in [0.5, 0.6) is 5.88 Å². The van der Waals surface area contributed by atoms with E-state index in [0.717, 1.165) is 25.2 Å². The molecule has 3 rings (SSSR count). The minimum absolute atomic E-state index is 0.106. The van der Waals surface area contributed by atoms with E-state index in [-0.39, 0.29) is 12.5 Å². The van der Waals surface area contributed by atoms with Crippen molar-refractivity contribution in [2.75, 3.05) is 26.2 Å². The van der Waals surface area contributed by atoms with Gasteiger partial charge in [0.1, 0.15) is 18.8 Å². The zero-order valence-corrected chi connectivity index (χ0v) is 13.7. The Kier molecular flexibility index (Phi) is 5.42. The van der Waals surface area contributed by atoms with E-state index >= 15 is 0 Å². The number of piperidine rings is 1. The number of aryl methyl sites for hydroxylation is 1. The molecule has 1 atom stereocenters. The number of hydrogen-bond acceptors (Lipinski definition) is 7. The predicted octanol–water partition coefficient (Wildman–Crippen LogP) is 0.237. The molecule has 1 aliphatic heterocycles. The third-order valence-corrected chi connectivity index (χ3v) is 3.96. The summed E-state index contributed by atoms with van der Waals surface area (Å²) in [6.07, 6.45) is 4.16. The summed E-state index contributed by atoms with van der Waals surface area (Å²) in [6, 6.07) is 1.99. The predicted molar refractivity (Wildman–Crippen MR) is 84.6 cm³/mol. The number of aromatic nitrogens is 4. The maximum Gasteiger partial charge on any atom is 0.278 e. The summed E-state index contributed by atoms with van der Waals surface area (Å²) in [4.78, 5) is 11.9. The smallest absolute Gasteiger partial charge is 0.278 e. The van der Waals surface area contributed by atoms with E-state index in [0.29, 0.717) is 30.6 Å². The fourth-order valence-corrected chi connectivity index (χ4v) is 2.68. The van der Waals surface area contributed by atoms with Crippen LogP contribution in [0.3, 0.4) is 0 Å². The molecule has 0 radical (unpaired) electrons. The molecule has 0 aliphatic carbocycles. The van der Waals surface area contributed by atoms with Gasteiger partial charge in [0.15, 0.2) is 0 Å². The van der Waals surface area contributed by atoms with Gasteiger partial charge in [0.2, 0.25) is 5.91 Å². The first-order valence-electron chi connectivity index (χ1n) is 8.15. The summed E-state index contributed by atoms with van der Waals surface area (Å²) in [5.74, 6) is 0.683. The molecule has 1 amide bonds. The fourth-order valence-electron chi connectivity index (χ4n) is 2.68. The highest BCUT2D eigenvalue weighted by molar-refractivity contribution is 5.75. The topological polar surface area (TPSA) is 107 Å². The third-order valence-electron chi connectivity index (χ3n) is 3.96. The number of hydrogen-bond donors (Lipinski definition) is 2. The zero-order valence-electron chi connectivity index (χ0n) is 13.7. The van der Waals surface area contributed by atoms with Gasteiger partial charge in [-0.25, -0.2) is 4.63 Å². The van der Waals surface area contributed by atoms with Crippen molar-refractivity contribution in [2.45, 2.75) is 32.2 Å². The van der Waals surface area contributed by atoms with Gasteiger partial charge >= 0.3 is 0 Å². The van der Waals surface area contributed by atoms with Crippen LogP contribution in [0.25, 0.3) is 0 Å². The first kappa shape index (κ1) is 16.4. The summed E-state index contributed by atoms with van der Waals surface area (Å²) in [7, 11) is 0. The molecule has 2 aromatic rings. The van der Waals surface area contributed by atoms with Crippen LogP contribution in [0.4, 0.5) is 0 Å². The second-order valence-corrected chi connectivity index (χ2v) is 5.83. The van der Waals surface area contributed by atoms with E-state index in [1.807, 2.05) is 12.3 Å². The van der Waals surface area contributed by atoms with Crippen LogP contribution >= 0.6 is 0 Å². The Balaban J connectivity index is 1.38. The molecular formula is C15H22N6O3. The molecule has 2 aromatic heterocycles. The summed E-state index contributed by atoms with van der Waals surface area (Å²) < 4.78 is 11.5. The minimum Gasteiger partial charge on any atom is -0.472 e. The minimum atomic E-state index is -0.106. The Hall–Kier alpha value is -2.42. The van der Waals surface area contributed by atoms with Crippen molar-refractivity contribution in [3.63, 3.8) is 0 Å². The number of rotatable bonds is 7. The van der Waals surface area contributed by atoms with Gasteiger partial charge in [-0.3, -0.25) is 9.48 Å². The number of carbonyl (C=O) groups excluding carboxylic acids is 1. The Labute approximate surface area is 139 Å². The van der Waals surface area contributed by atoms with E-state index in [1.165, 1.54) is 6.42 Å². The molecule has 9 heteroatoms. The van der Waals surface area contributed by atoms with E-state index in [1.54, 1.807) is 11.6 Å². The molecule has 1 fully saturated rings. The second-order valence-electron chi connectivity index (χ2n) is 5.83. The van der Waals surface area contributed by atoms with Crippen LogP contribution in [-0.4, -0.2) is 52.2 Å². The van der Waals surface area contributed by atoms with E-state index in [2.05, 4.69) is 30.7 Å². The summed E-state index contributed by atoms with van der Waals surface area (Å²) in [5, 5.41) is 17.9. The van der Waals surface area contributed by atoms with Crippen molar-refractivity contribution >= 4 is 5.91 Å². The van der Waals surface area contributed by atoms with Crippen LogP contribution in [0, 0.1) is 6.92 Å². The lowest BCUT2D eigenvalue weighted by atomic mass is 9.97. The fraction of sp³-hybridized carbons (Fsp3) is 0.600. The van der Waals surface area contributed by atoms with Crippen molar-refractivity contribution in [3.05, 3.63) is 23.7 Å². The van der Waals surface area contributed by atoms with Gasteiger partial charge in [-0.15, -0.1) is 0 Å². The maximum absolute atomic E-state index is 11.9. The number of carbonyl (C=O) groups is 1. The van der Waals surface area contributed by atoms with E-state index in [4.69, 9.17) is 4.74 Å². The van der Waals surface area contributed by atoms with Gasteiger partial charge in [0, 0.05) is 18.7 Å². The van der Waals surface area contributed by atoms with Crippen molar-refractivity contribution < 1.29 is 14.2 Å². The molecule has 24 heavy (non-hydrogen) atoms. The summed E-state index contributed by atoms with van der Waals surface area (Å²) in [6.45, 7) is 4.65. The van der Waals surface area contributed by atoms with Crippen LogP contribution in [-0.2, 0) is 11.3 Å². The second kappa shape index (κ2) is 7.91. The van der Waals surface area contributed by atoms with Gasteiger partial charge in [-0.2, -0.15) is 5.10 Å². The Morgan fingerprint density at radius 3 is 3.21 bits per heavy atom. The molecule has 1 aliphatic rings. The molecule has 2 N–H and O–H groups in total. The molecule has 9 nitrogen and oxygen atoms in total. The number of nitrogens with one attached hydrogen (secondary N) is 2. The van der Waals surface area contributed by atoms with Gasteiger partial charge in [0.05, 0.1) is 12.2 Å². The molecular weight excluding hydrogens is 312 g/mol. The van der Waals surface area contributed by atoms with Gasteiger partial charge < -0.3 is 15.4 Å². The highest BCUT2D eigenvalue weighted by Gasteiger charge is 2.17. The molecule has 0 spiro atoms. The lowest BCUT2D eigenvalue weighted by molar-refractivity contribution is -0.121. The summed E-state index contributed by atoms with van der Waals surface area (Å²) in [5.41, 5.74) is 1.63. The first-order chi connectivity index (χ1) is 11.7. The summed E-state index contributed by atoms with van der Waals surface area (Å²) >= 11 is 0. The standard InChI is InChI=1S/C15H22N6O3/c1-11-15(20-24-19-11)23-8-6-17-14(22)10-21-7-4-13(18-21)12-3-2-5-16-9-12/h4,7,12,16H,2-3,5-6,8-10H2,1H3,(H,17,22)/t12-/m1/s1. The highest BCUT2D eigenvalue weighted by atomic mass is 16.6. The lowest BCUT2D eigenvalue weighted by Crippen LogP contribution is -2.31. The van der Waals surface area contributed by atoms with Crippen LogP contribution < -0.4 is 15.4 Å². The van der Waals surface area contributed by atoms with Crippen LogP contribution in [0.1, 0.15) is 30.1 Å². The van der Waals surface area contributed by atoms with Crippen molar-refractivity contribution in [1.29, 1.82) is 0 Å². The average molecular weight is 334 g/mol. The SMILES string of the molecule is Cc1nonc1OCCNC(=O)Cn1ccc([C@@H]2CCCNC2)n1. The Morgan fingerprint density at radius 1 is 1.54 bits per heavy atom. The van der Waals surface area contributed by atoms with E-state index < -0.39 is 0 Å². The molecule has 1 saturated heterocycles. The molecule has 3 heterocycles. The molecule has 0 unspecified atom stereocenters. The van der Waals surface area contributed by atoms with Gasteiger partial charge in [-0.05, 0) is 37.5 Å². The third kappa shape index (κ3) is 4.31. The van der Waals surface area contributed by atoms with E-state index in [9.17, 15) is 4.79 Å². The molecule has 0 saturated carbocycles. The van der Waals surface area contributed by atoms with Crippen LogP contribution in [0.15, 0.2) is 16.9 Å². The number of ether oxygens (including phenoxy) is 1. The first-order valence-corrected chi connectivity index (χ1v) is 8.15. The lowest BCUT2D eigenvalue weighted by Gasteiger charge is -2.20. The monoisotopic (exact) mass is 334 g/mol. The molecule has 0 aromatic carbocycles. The zero-order chi connectivity index (χ0) is 16.8.